The second kappa shape index (κ2) is 7.28. The second-order valence-electron chi connectivity index (χ2n) is 6.79. The summed E-state index contributed by atoms with van der Waals surface area (Å²) in [5, 5.41) is 4.52. The summed E-state index contributed by atoms with van der Waals surface area (Å²) in [5.41, 5.74) is 2.69. The van der Waals surface area contributed by atoms with Gasteiger partial charge in [0.1, 0.15) is 5.82 Å². The average molecular weight is 386 g/mol. The molecule has 0 aliphatic heterocycles. The van der Waals surface area contributed by atoms with Crippen LogP contribution in [0.15, 0.2) is 47.5 Å². The monoisotopic (exact) mass is 386 g/mol. The van der Waals surface area contributed by atoms with Gasteiger partial charge >= 0.3 is 0 Å². The highest BCUT2D eigenvalue weighted by Gasteiger charge is 2.27. The first-order chi connectivity index (χ1) is 13.1. The number of anilines is 1. The highest BCUT2D eigenvalue weighted by Crippen LogP contribution is 2.39. The molecule has 0 spiro atoms. The average Bonchev–Trinajstić information content (AvgIpc) is 3.41. The van der Waals surface area contributed by atoms with Crippen LogP contribution in [-0.4, -0.2) is 36.7 Å². The topological polar surface area (TPSA) is 85.6 Å². The lowest BCUT2D eigenvalue weighted by Gasteiger charge is -2.10. The molecule has 3 aromatic rings. The van der Waals surface area contributed by atoms with Crippen LogP contribution in [0.4, 0.5) is 5.82 Å². The van der Waals surface area contributed by atoms with Crippen LogP contribution in [0.5, 0.6) is 0 Å². The van der Waals surface area contributed by atoms with Crippen molar-refractivity contribution in [3.8, 4) is 0 Å². The first-order valence-corrected chi connectivity index (χ1v) is 10.5. The van der Waals surface area contributed by atoms with E-state index in [-0.39, 0.29) is 4.90 Å². The summed E-state index contributed by atoms with van der Waals surface area (Å²) in [6, 6.07) is 10.5. The minimum atomic E-state index is -3.71. The number of sulfonamides is 1. The third-order valence-corrected chi connectivity index (χ3v) is 6.03. The Bertz CT molecular complexity index is 1040. The maximum absolute atomic E-state index is 12.8. The normalized spacial score (nSPS) is 14.6. The lowest BCUT2D eigenvalue weighted by atomic mass is 10.1. The van der Waals surface area contributed by atoms with Crippen molar-refractivity contribution in [1.29, 1.82) is 0 Å². The van der Waals surface area contributed by atoms with Crippen LogP contribution in [0.1, 0.15) is 36.4 Å². The van der Waals surface area contributed by atoms with Gasteiger partial charge in [0.2, 0.25) is 0 Å². The van der Waals surface area contributed by atoms with Gasteiger partial charge in [-0.05, 0) is 49.4 Å². The number of nitrogens with zero attached hydrogens (tertiary/aromatic N) is 3. The molecule has 0 atom stereocenters. The molecule has 8 heteroatoms. The Hall–Kier alpha value is -2.45. The van der Waals surface area contributed by atoms with Crippen molar-refractivity contribution in [1.82, 2.24) is 14.6 Å². The number of aryl methyl sites for hydroxylation is 1. The van der Waals surface area contributed by atoms with Crippen LogP contribution in [0.2, 0.25) is 0 Å². The third kappa shape index (κ3) is 3.96. The van der Waals surface area contributed by atoms with E-state index in [1.54, 1.807) is 36.0 Å². The smallest absolute Gasteiger partial charge is 0.263 e. The van der Waals surface area contributed by atoms with Crippen LogP contribution in [0, 0.1) is 0 Å². The van der Waals surface area contributed by atoms with Gasteiger partial charge in [-0.3, -0.25) is 4.72 Å². The maximum Gasteiger partial charge on any atom is 0.263 e. The number of nitrogens with one attached hydrogen (secondary N) is 1. The first kappa shape index (κ1) is 17.9. The van der Waals surface area contributed by atoms with Crippen molar-refractivity contribution >= 4 is 21.5 Å². The molecule has 1 fully saturated rings. The molecule has 2 heterocycles. The zero-order valence-electron chi connectivity index (χ0n) is 15.1. The van der Waals surface area contributed by atoms with Gasteiger partial charge in [0.05, 0.1) is 10.6 Å². The predicted molar refractivity (Wildman–Crippen MR) is 102 cm³/mol. The maximum atomic E-state index is 12.8. The summed E-state index contributed by atoms with van der Waals surface area (Å²) in [7, 11) is -2.03. The summed E-state index contributed by atoms with van der Waals surface area (Å²) in [5.74, 6) is 0.859. The summed E-state index contributed by atoms with van der Waals surface area (Å²) < 4.78 is 34.8. The highest BCUT2D eigenvalue weighted by atomic mass is 32.2. The number of hydrogen-bond acceptors (Lipinski definition) is 5. The number of benzene rings is 1. The molecule has 0 radical (unpaired) electrons. The standard InChI is InChI=1S/C19H22N4O3S/c1-26-12-2-3-14-4-8-16(9-5-14)27(24,25)22-18-10-11-20-19-13-17(15-6-7-15)21-23(18)19/h4-5,8-11,13,15,22H,2-3,6-7,12H2,1H3. The summed E-state index contributed by atoms with van der Waals surface area (Å²) in [4.78, 5) is 4.50. The van der Waals surface area contributed by atoms with Crippen molar-refractivity contribution in [3.05, 3.63) is 53.9 Å². The SMILES string of the molecule is COCCCc1ccc(S(=O)(=O)Nc2ccnc3cc(C4CC4)nn23)cc1. The van der Waals surface area contributed by atoms with Crippen LogP contribution >= 0.6 is 0 Å². The molecule has 1 N–H and O–H groups in total. The number of ether oxygens (including phenoxy) is 1. The molecule has 142 valence electrons. The second-order valence-corrected chi connectivity index (χ2v) is 8.47. The quantitative estimate of drug-likeness (QED) is 0.602. The molecule has 27 heavy (non-hydrogen) atoms. The summed E-state index contributed by atoms with van der Waals surface area (Å²) in [6.07, 6.45) is 5.59. The zero-order valence-corrected chi connectivity index (χ0v) is 15.9. The number of methoxy groups -OCH3 is 1. The van der Waals surface area contributed by atoms with E-state index in [2.05, 4.69) is 14.8 Å². The fourth-order valence-electron chi connectivity index (χ4n) is 3.02. The third-order valence-electron chi connectivity index (χ3n) is 4.66. The van der Waals surface area contributed by atoms with Gasteiger partial charge in [0, 0.05) is 31.9 Å². The first-order valence-electron chi connectivity index (χ1n) is 9.02. The zero-order chi connectivity index (χ0) is 18.9. The van der Waals surface area contributed by atoms with Gasteiger partial charge in [-0.15, -0.1) is 0 Å². The van der Waals surface area contributed by atoms with Crippen LogP contribution < -0.4 is 4.72 Å². The number of aromatic nitrogens is 3. The molecule has 4 rings (SSSR count). The van der Waals surface area contributed by atoms with Crippen molar-refractivity contribution in [2.75, 3.05) is 18.4 Å². The van der Waals surface area contributed by atoms with Crippen LogP contribution in [0.3, 0.4) is 0 Å². The van der Waals surface area contributed by atoms with E-state index in [4.69, 9.17) is 4.74 Å². The van der Waals surface area contributed by atoms with Crippen molar-refractivity contribution in [3.63, 3.8) is 0 Å². The highest BCUT2D eigenvalue weighted by molar-refractivity contribution is 7.92. The molecule has 1 aliphatic carbocycles. The van der Waals surface area contributed by atoms with E-state index in [9.17, 15) is 8.42 Å². The minimum absolute atomic E-state index is 0.220. The Morgan fingerprint density at radius 2 is 2.00 bits per heavy atom. The van der Waals surface area contributed by atoms with E-state index < -0.39 is 10.0 Å². The molecule has 7 nitrogen and oxygen atoms in total. The van der Waals surface area contributed by atoms with Gasteiger partial charge in [-0.25, -0.2) is 13.4 Å². The molecule has 0 bridgehead atoms. The number of hydrogen-bond donors (Lipinski definition) is 1. The van der Waals surface area contributed by atoms with Gasteiger partial charge in [-0.1, -0.05) is 12.1 Å². The molecular formula is C19H22N4O3S. The largest absolute Gasteiger partial charge is 0.385 e. The van der Waals surface area contributed by atoms with E-state index >= 15 is 0 Å². The van der Waals surface area contributed by atoms with Crippen molar-refractivity contribution in [2.45, 2.75) is 36.5 Å². The van der Waals surface area contributed by atoms with Gasteiger partial charge in [-0.2, -0.15) is 9.61 Å². The van der Waals surface area contributed by atoms with Crippen molar-refractivity contribution < 1.29 is 13.2 Å². The lowest BCUT2D eigenvalue weighted by Crippen LogP contribution is -2.16. The Morgan fingerprint density at radius 3 is 2.70 bits per heavy atom. The Morgan fingerprint density at radius 1 is 1.22 bits per heavy atom. The van der Waals surface area contributed by atoms with Gasteiger partial charge in [0.15, 0.2) is 5.65 Å². The Kier molecular flexibility index (Phi) is 4.84. The van der Waals surface area contributed by atoms with Gasteiger partial charge in [0.25, 0.3) is 10.0 Å². The minimum Gasteiger partial charge on any atom is -0.385 e. The number of rotatable bonds is 8. The van der Waals surface area contributed by atoms with E-state index in [0.717, 1.165) is 36.9 Å². The molecule has 1 aliphatic rings. The van der Waals surface area contributed by atoms with Crippen LogP contribution in [-0.2, 0) is 21.2 Å². The van der Waals surface area contributed by atoms with E-state index in [0.29, 0.717) is 24.0 Å². The molecule has 2 aromatic heterocycles. The summed E-state index contributed by atoms with van der Waals surface area (Å²) in [6.45, 7) is 0.687. The fourth-order valence-corrected chi connectivity index (χ4v) is 4.06. The van der Waals surface area contributed by atoms with E-state index in [1.165, 1.54) is 0 Å². The molecular weight excluding hydrogens is 364 g/mol. The Labute approximate surface area is 158 Å². The number of fused-ring (bicyclic) bond motifs is 1. The van der Waals surface area contributed by atoms with Crippen LogP contribution in [0.25, 0.3) is 5.65 Å². The molecule has 1 aromatic carbocycles. The molecule has 0 unspecified atom stereocenters. The summed E-state index contributed by atoms with van der Waals surface area (Å²) >= 11 is 0. The predicted octanol–water partition coefficient (Wildman–Crippen LogP) is 2.99. The molecule has 0 amide bonds. The molecule has 0 saturated heterocycles. The fraction of sp³-hybridized carbons (Fsp3) is 0.368. The van der Waals surface area contributed by atoms with E-state index in [1.807, 2.05) is 18.2 Å². The lowest BCUT2D eigenvalue weighted by molar-refractivity contribution is 0.195. The van der Waals surface area contributed by atoms with Crippen molar-refractivity contribution in [2.24, 2.45) is 0 Å². The Balaban J connectivity index is 1.55. The van der Waals surface area contributed by atoms with Gasteiger partial charge < -0.3 is 4.74 Å². The molecule has 1 saturated carbocycles.